The summed E-state index contributed by atoms with van der Waals surface area (Å²) in [6, 6.07) is 6.66. The van der Waals surface area contributed by atoms with Crippen LogP contribution in [0, 0.1) is 16.6 Å². The molecule has 0 amide bonds. The van der Waals surface area contributed by atoms with Crippen molar-refractivity contribution in [3.8, 4) is 0 Å². The second-order valence-corrected chi connectivity index (χ2v) is 9.28. The van der Waals surface area contributed by atoms with E-state index in [1.54, 1.807) is 0 Å². The minimum atomic E-state index is -0.648. The Kier molecular flexibility index (Phi) is 5.31. The first-order valence-corrected chi connectivity index (χ1v) is 9.61. The highest BCUT2D eigenvalue weighted by Gasteiger charge is 2.38. The zero-order chi connectivity index (χ0) is 19.8. The lowest BCUT2D eigenvalue weighted by atomic mass is 9.61. The zero-order valence-electron chi connectivity index (χ0n) is 16.6. The summed E-state index contributed by atoms with van der Waals surface area (Å²) in [7, 11) is 0. The molecule has 2 aliphatic rings. The van der Waals surface area contributed by atoms with E-state index in [1.165, 1.54) is 23.3 Å². The summed E-state index contributed by atoms with van der Waals surface area (Å²) in [6.07, 6.45) is 5.29. The van der Waals surface area contributed by atoms with Gasteiger partial charge in [-0.15, -0.1) is 0 Å². The van der Waals surface area contributed by atoms with E-state index in [-0.39, 0.29) is 29.0 Å². The van der Waals surface area contributed by atoms with E-state index in [1.807, 2.05) is 24.3 Å². The molecule has 0 radical (unpaired) electrons. The number of benzene rings is 1. The molecule has 1 aromatic carbocycles. The molecule has 1 N–H and O–H groups in total. The Hall–Kier alpha value is -1.94. The fourth-order valence-corrected chi connectivity index (χ4v) is 4.70. The monoisotopic (exact) mass is 372 g/mol. The number of carbonyl (C=O) groups excluding carboxylic acids is 1. The van der Waals surface area contributed by atoms with Gasteiger partial charge in [0.15, 0.2) is 0 Å². The molecule has 0 unspecified atom stereocenters. The fraction of sp³-hybridized carbons (Fsp3) is 0.522. The van der Waals surface area contributed by atoms with Crippen molar-refractivity contribution in [2.45, 2.75) is 65.6 Å². The number of aliphatic hydroxyl groups is 1. The quantitative estimate of drug-likeness (QED) is 0.756. The number of hydrogen-bond donors (Lipinski definition) is 1. The third-order valence-electron chi connectivity index (χ3n) is 5.49. The van der Waals surface area contributed by atoms with E-state index in [0.717, 1.165) is 18.4 Å². The Balaban J connectivity index is 2.00. The van der Waals surface area contributed by atoms with Gasteiger partial charge in [-0.3, -0.25) is 4.79 Å². The predicted octanol–water partition coefficient (Wildman–Crippen LogP) is 5.05. The topological polar surface area (TPSA) is 46.5 Å². The Labute approximate surface area is 160 Å². The van der Waals surface area contributed by atoms with Crippen LogP contribution in [-0.2, 0) is 9.53 Å². The number of ether oxygens (including phenoxy) is 1. The van der Waals surface area contributed by atoms with Gasteiger partial charge in [0, 0.05) is 6.42 Å². The highest BCUT2D eigenvalue weighted by Crippen LogP contribution is 2.52. The number of rotatable bonds is 3. The minimum Gasteiger partial charge on any atom is -0.458 e. The number of aliphatic hydroxyl groups excluding tert-OH is 1. The second-order valence-electron chi connectivity index (χ2n) is 9.28. The molecule has 4 heteroatoms. The lowest BCUT2D eigenvalue weighted by molar-refractivity contribution is -0.156. The van der Waals surface area contributed by atoms with Crippen LogP contribution in [-0.4, -0.2) is 23.3 Å². The predicted molar refractivity (Wildman–Crippen MR) is 104 cm³/mol. The van der Waals surface area contributed by atoms with Crippen LogP contribution in [0.4, 0.5) is 4.39 Å². The maximum atomic E-state index is 13.4. The molecule has 1 aromatic rings. The molecule has 146 valence electrons. The molecule has 27 heavy (non-hydrogen) atoms. The maximum Gasteiger partial charge on any atom is 0.309 e. The highest BCUT2D eigenvalue weighted by molar-refractivity contribution is 5.74. The van der Waals surface area contributed by atoms with E-state index < -0.39 is 12.2 Å². The first-order valence-electron chi connectivity index (χ1n) is 9.61. The Morgan fingerprint density at radius 1 is 1.19 bits per heavy atom. The van der Waals surface area contributed by atoms with Gasteiger partial charge in [0.25, 0.3) is 0 Å². The number of carbonyl (C=O) groups is 1. The average molecular weight is 372 g/mol. The summed E-state index contributed by atoms with van der Waals surface area (Å²) in [6.45, 7) is 8.97. The van der Waals surface area contributed by atoms with E-state index in [0.29, 0.717) is 6.42 Å². The van der Waals surface area contributed by atoms with Crippen molar-refractivity contribution in [2.24, 2.45) is 10.8 Å². The van der Waals surface area contributed by atoms with Crippen LogP contribution in [0.5, 0.6) is 0 Å². The van der Waals surface area contributed by atoms with Crippen LogP contribution in [0.3, 0.4) is 0 Å². The molecule has 0 aromatic heterocycles. The summed E-state index contributed by atoms with van der Waals surface area (Å²) in [4.78, 5) is 11.6. The first-order chi connectivity index (χ1) is 12.6. The van der Waals surface area contributed by atoms with Crippen molar-refractivity contribution in [2.75, 3.05) is 0 Å². The van der Waals surface area contributed by atoms with Crippen LogP contribution in [0.25, 0.3) is 5.57 Å². The molecule has 1 heterocycles. The molecule has 3 rings (SSSR count). The molecular formula is C23H29FO3. The van der Waals surface area contributed by atoms with Gasteiger partial charge in [-0.05, 0) is 58.6 Å². The molecule has 2 atom stereocenters. The van der Waals surface area contributed by atoms with Crippen molar-refractivity contribution < 1.29 is 19.0 Å². The summed E-state index contributed by atoms with van der Waals surface area (Å²) in [5.74, 6) is -0.603. The normalized spacial score (nSPS) is 27.7. The van der Waals surface area contributed by atoms with Gasteiger partial charge in [-0.1, -0.05) is 45.9 Å². The van der Waals surface area contributed by atoms with Crippen LogP contribution in [0.15, 0.2) is 42.0 Å². The number of allylic oxidation sites excluding steroid dienone is 3. The number of cyclic esters (lactones) is 1. The summed E-state index contributed by atoms with van der Waals surface area (Å²) < 4.78 is 18.8. The molecule has 3 nitrogen and oxygen atoms in total. The van der Waals surface area contributed by atoms with Crippen molar-refractivity contribution in [3.05, 3.63) is 53.4 Å². The Morgan fingerprint density at radius 3 is 2.48 bits per heavy atom. The van der Waals surface area contributed by atoms with Gasteiger partial charge in [0.05, 0.1) is 12.5 Å². The fourth-order valence-electron chi connectivity index (χ4n) is 4.70. The Morgan fingerprint density at radius 2 is 1.85 bits per heavy atom. The van der Waals surface area contributed by atoms with Gasteiger partial charge in [-0.25, -0.2) is 4.39 Å². The highest BCUT2D eigenvalue weighted by atomic mass is 19.1. The third-order valence-corrected chi connectivity index (χ3v) is 5.49. The van der Waals surface area contributed by atoms with Crippen molar-refractivity contribution in [1.29, 1.82) is 0 Å². The molecule has 0 spiro atoms. The van der Waals surface area contributed by atoms with Gasteiger partial charge in [0.2, 0.25) is 0 Å². The number of esters is 1. The maximum absolute atomic E-state index is 13.4. The van der Waals surface area contributed by atoms with E-state index in [9.17, 15) is 14.3 Å². The smallest absolute Gasteiger partial charge is 0.309 e. The molecule has 1 saturated heterocycles. The SMILES string of the molecule is CC1(C)CC(c2ccc(F)cc2)=C(/C=C/[C@H]2C[C@H](O)CC(=O)O2)C(C)(C)C1. The van der Waals surface area contributed by atoms with Crippen LogP contribution in [0.2, 0.25) is 0 Å². The molecular weight excluding hydrogens is 343 g/mol. The first kappa shape index (κ1) is 19.8. The molecule has 0 saturated carbocycles. The van der Waals surface area contributed by atoms with E-state index in [4.69, 9.17) is 4.74 Å². The van der Waals surface area contributed by atoms with Gasteiger partial charge < -0.3 is 9.84 Å². The lowest BCUT2D eigenvalue weighted by Crippen LogP contribution is -2.32. The molecule has 1 aliphatic heterocycles. The lowest BCUT2D eigenvalue weighted by Gasteiger charge is -2.43. The zero-order valence-corrected chi connectivity index (χ0v) is 16.6. The number of hydrogen-bond acceptors (Lipinski definition) is 3. The van der Waals surface area contributed by atoms with Gasteiger partial charge in [0.1, 0.15) is 11.9 Å². The second kappa shape index (κ2) is 7.23. The number of halogens is 1. The largest absolute Gasteiger partial charge is 0.458 e. The third kappa shape index (κ3) is 4.67. The van der Waals surface area contributed by atoms with Crippen LogP contribution >= 0.6 is 0 Å². The van der Waals surface area contributed by atoms with Crippen LogP contribution in [0.1, 0.15) is 58.9 Å². The van der Waals surface area contributed by atoms with Gasteiger partial charge >= 0.3 is 5.97 Å². The van der Waals surface area contributed by atoms with Crippen molar-refractivity contribution >= 4 is 11.5 Å². The Bertz CT molecular complexity index is 771. The van der Waals surface area contributed by atoms with Gasteiger partial charge in [-0.2, -0.15) is 0 Å². The van der Waals surface area contributed by atoms with Crippen LogP contribution < -0.4 is 0 Å². The summed E-state index contributed by atoms with van der Waals surface area (Å²) >= 11 is 0. The summed E-state index contributed by atoms with van der Waals surface area (Å²) in [5.41, 5.74) is 3.48. The van der Waals surface area contributed by atoms with Crippen molar-refractivity contribution in [1.82, 2.24) is 0 Å². The summed E-state index contributed by atoms with van der Waals surface area (Å²) in [5, 5.41) is 9.83. The van der Waals surface area contributed by atoms with E-state index >= 15 is 0 Å². The van der Waals surface area contributed by atoms with Crippen molar-refractivity contribution in [3.63, 3.8) is 0 Å². The standard InChI is InChI=1S/C23H29FO3/c1-22(2)13-19(15-5-7-16(24)8-6-15)20(23(3,4)14-22)10-9-18-11-17(25)12-21(26)27-18/h5-10,17-18,25H,11-14H2,1-4H3/b10-9+/t17-,18-/m0/s1. The minimum absolute atomic E-state index is 0.0630. The molecule has 0 bridgehead atoms. The molecule has 1 fully saturated rings. The average Bonchev–Trinajstić information content (AvgIpc) is 2.51. The molecule has 1 aliphatic carbocycles. The van der Waals surface area contributed by atoms with E-state index in [2.05, 4.69) is 27.7 Å².